The molecule has 1 aromatic heterocycles. The highest BCUT2D eigenvalue weighted by Crippen LogP contribution is 2.20. The molecule has 0 aliphatic heterocycles. The van der Waals surface area contributed by atoms with E-state index in [1.807, 2.05) is 24.3 Å². The largest absolute Gasteiger partial charge is 0.494 e. The fourth-order valence-corrected chi connectivity index (χ4v) is 2.03. The van der Waals surface area contributed by atoms with Crippen LogP contribution < -0.4 is 4.74 Å². The summed E-state index contributed by atoms with van der Waals surface area (Å²) in [6.45, 7) is 2.91. The summed E-state index contributed by atoms with van der Waals surface area (Å²) in [4.78, 5) is 18.7. The number of carboxylic acids is 1. The van der Waals surface area contributed by atoms with E-state index in [9.17, 15) is 4.79 Å². The number of rotatable bonds is 8. The summed E-state index contributed by atoms with van der Waals surface area (Å²) in [5.74, 6) is -0.249. The topological polar surface area (TPSA) is 72.3 Å². The Morgan fingerprint density at radius 2 is 1.86 bits per heavy atom. The predicted octanol–water partition coefficient (Wildman–Crippen LogP) is 3.80. The molecule has 0 spiro atoms. The first-order valence-electron chi connectivity index (χ1n) is 7.49. The van der Waals surface area contributed by atoms with E-state index in [0.717, 1.165) is 24.3 Å². The van der Waals surface area contributed by atoms with Crippen molar-refractivity contribution in [3.63, 3.8) is 0 Å². The van der Waals surface area contributed by atoms with Gasteiger partial charge in [-0.1, -0.05) is 26.2 Å². The van der Waals surface area contributed by atoms with Crippen LogP contribution in [0.5, 0.6) is 5.75 Å². The third-order valence-corrected chi connectivity index (χ3v) is 3.29. The highest BCUT2D eigenvalue weighted by Gasteiger charge is 2.06. The number of aromatic nitrogens is 2. The van der Waals surface area contributed by atoms with Crippen molar-refractivity contribution in [2.24, 2.45) is 0 Å². The molecule has 0 amide bonds. The van der Waals surface area contributed by atoms with Crippen LogP contribution in [0.4, 0.5) is 0 Å². The fraction of sp³-hybridized carbons (Fsp3) is 0.353. The van der Waals surface area contributed by atoms with Crippen molar-refractivity contribution >= 4 is 5.97 Å². The van der Waals surface area contributed by atoms with E-state index < -0.39 is 5.97 Å². The second-order valence-corrected chi connectivity index (χ2v) is 5.03. The van der Waals surface area contributed by atoms with Gasteiger partial charge in [-0.05, 0) is 30.7 Å². The van der Waals surface area contributed by atoms with Gasteiger partial charge in [0.1, 0.15) is 5.75 Å². The minimum absolute atomic E-state index is 0.0595. The van der Waals surface area contributed by atoms with E-state index in [1.54, 1.807) is 0 Å². The fourth-order valence-electron chi connectivity index (χ4n) is 2.03. The molecule has 1 aromatic carbocycles. The molecule has 5 nitrogen and oxygen atoms in total. The van der Waals surface area contributed by atoms with Crippen LogP contribution in [0.3, 0.4) is 0 Å². The number of hydrogen-bond acceptors (Lipinski definition) is 4. The van der Waals surface area contributed by atoms with Crippen LogP contribution in [0.25, 0.3) is 11.3 Å². The maximum atomic E-state index is 10.7. The Kier molecular flexibility index (Phi) is 5.89. The van der Waals surface area contributed by atoms with Crippen LogP contribution in [-0.2, 0) is 0 Å². The molecule has 0 fully saturated rings. The molecule has 0 radical (unpaired) electrons. The Balaban J connectivity index is 1.92. The number of ether oxygens (including phenoxy) is 1. The van der Waals surface area contributed by atoms with Crippen molar-refractivity contribution in [3.8, 4) is 17.0 Å². The van der Waals surface area contributed by atoms with Gasteiger partial charge in [-0.25, -0.2) is 9.78 Å². The Labute approximate surface area is 130 Å². The van der Waals surface area contributed by atoms with Gasteiger partial charge in [-0.2, -0.15) is 0 Å². The van der Waals surface area contributed by atoms with Crippen molar-refractivity contribution in [1.29, 1.82) is 0 Å². The monoisotopic (exact) mass is 300 g/mol. The Bertz CT molecular complexity index is 594. The highest BCUT2D eigenvalue weighted by molar-refractivity contribution is 5.85. The van der Waals surface area contributed by atoms with Crippen molar-refractivity contribution in [1.82, 2.24) is 9.97 Å². The van der Waals surface area contributed by atoms with Gasteiger partial charge in [0, 0.05) is 5.56 Å². The molecule has 0 atom stereocenters. The third-order valence-electron chi connectivity index (χ3n) is 3.29. The van der Waals surface area contributed by atoms with Gasteiger partial charge in [-0.3, -0.25) is 4.98 Å². The lowest BCUT2D eigenvalue weighted by atomic mass is 10.1. The molecule has 0 aliphatic carbocycles. The van der Waals surface area contributed by atoms with E-state index >= 15 is 0 Å². The van der Waals surface area contributed by atoms with Crippen molar-refractivity contribution in [3.05, 3.63) is 42.4 Å². The van der Waals surface area contributed by atoms with E-state index in [-0.39, 0.29) is 5.69 Å². The average Bonchev–Trinajstić information content (AvgIpc) is 2.55. The number of benzene rings is 1. The summed E-state index contributed by atoms with van der Waals surface area (Å²) < 4.78 is 5.68. The van der Waals surface area contributed by atoms with E-state index in [0.29, 0.717) is 5.69 Å². The zero-order valence-corrected chi connectivity index (χ0v) is 12.7. The number of carboxylic acid groups (broad SMARTS) is 1. The first-order chi connectivity index (χ1) is 10.7. The second kappa shape index (κ2) is 8.12. The quantitative estimate of drug-likeness (QED) is 0.751. The highest BCUT2D eigenvalue weighted by atomic mass is 16.5. The predicted molar refractivity (Wildman–Crippen MR) is 84.1 cm³/mol. The third kappa shape index (κ3) is 4.55. The minimum atomic E-state index is -1.08. The summed E-state index contributed by atoms with van der Waals surface area (Å²) >= 11 is 0. The van der Waals surface area contributed by atoms with E-state index in [2.05, 4.69) is 16.9 Å². The van der Waals surface area contributed by atoms with Gasteiger partial charge in [0.05, 0.1) is 24.7 Å². The molecule has 0 saturated carbocycles. The lowest BCUT2D eigenvalue weighted by Crippen LogP contribution is -2.01. The van der Waals surface area contributed by atoms with Gasteiger partial charge in [0.2, 0.25) is 0 Å². The smallest absolute Gasteiger partial charge is 0.356 e. The maximum absolute atomic E-state index is 10.7. The van der Waals surface area contributed by atoms with Crippen LogP contribution >= 0.6 is 0 Å². The Morgan fingerprint density at radius 1 is 1.09 bits per heavy atom. The summed E-state index contributed by atoms with van der Waals surface area (Å²) in [5, 5.41) is 8.80. The molecule has 0 saturated heterocycles. The van der Waals surface area contributed by atoms with Gasteiger partial charge >= 0.3 is 5.97 Å². The number of hydrogen-bond donors (Lipinski definition) is 1. The SMILES string of the molecule is CCCCCCOc1ccc(-c2cnc(C(=O)O)cn2)cc1. The first-order valence-corrected chi connectivity index (χ1v) is 7.49. The molecule has 22 heavy (non-hydrogen) atoms. The van der Waals surface area contributed by atoms with Gasteiger partial charge in [0.15, 0.2) is 5.69 Å². The minimum Gasteiger partial charge on any atom is -0.494 e. The second-order valence-electron chi connectivity index (χ2n) is 5.03. The van der Waals surface area contributed by atoms with Crippen LogP contribution in [0.15, 0.2) is 36.7 Å². The summed E-state index contributed by atoms with van der Waals surface area (Å²) in [6.07, 6.45) is 7.45. The molecule has 2 aromatic rings. The molecule has 2 rings (SSSR count). The molecule has 0 unspecified atom stereocenters. The molecule has 0 bridgehead atoms. The normalized spacial score (nSPS) is 10.4. The lowest BCUT2D eigenvalue weighted by Gasteiger charge is -2.07. The molecular weight excluding hydrogens is 280 g/mol. The van der Waals surface area contributed by atoms with Crippen LogP contribution in [-0.4, -0.2) is 27.7 Å². The molecular formula is C17H20N2O3. The van der Waals surface area contributed by atoms with Crippen LogP contribution in [0, 0.1) is 0 Å². The van der Waals surface area contributed by atoms with Crippen LogP contribution in [0.2, 0.25) is 0 Å². The van der Waals surface area contributed by atoms with Gasteiger partial charge in [0.25, 0.3) is 0 Å². The summed E-state index contributed by atoms with van der Waals surface area (Å²) in [6, 6.07) is 7.57. The molecule has 116 valence electrons. The van der Waals surface area contributed by atoms with E-state index in [4.69, 9.17) is 9.84 Å². The number of carbonyl (C=O) groups is 1. The number of aromatic carboxylic acids is 1. The maximum Gasteiger partial charge on any atom is 0.356 e. The zero-order valence-electron chi connectivity index (χ0n) is 12.7. The first kappa shape index (κ1) is 15.9. The van der Waals surface area contributed by atoms with Crippen molar-refractivity contribution in [2.45, 2.75) is 32.6 Å². The molecule has 0 aliphatic rings. The van der Waals surface area contributed by atoms with Crippen LogP contribution in [0.1, 0.15) is 43.1 Å². The molecule has 5 heteroatoms. The number of unbranched alkanes of at least 4 members (excludes halogenated alkanes) is 3. The Morgan fingerprint density at radius 3 is 2.45 bits per heavy atom. The van der Waals surface area contributed by atoms with Gasteiger partial charge in [-0.15, -0.1) is 0 Å². The average molecular weight is 300 g/mol. The van der Waals surface area contributed by atoms with Crippen molar-refractivity contribution < 1.29 is 14.6 Å². The van der Waals surface area contributed by atoms with E-state index in [1.165, 1.54) is 31.7 Å². The number of nitrogens with zero attached hydrogens (tertiary/aromatic N) is 2. The molecule has 1 N–H and O–H groups in total. The summed E-state index contributed by atoms with van der Waals surface area (Å²) in [5.41, 5.74) is 1.46. The van der Waals surface area contributed by atoms with Crippen molar-refractivity contribution in [2.75, 3.05) is 6.61 Å². The summed E-state index contributed by atoms with van der Waals surface area (Å²) in [7, 11) is 0. The van der Waals surface area contributed by atoms with Gasteiger partial charge < -0.3 is 9.84 Å². The Hall–Kier alpha value is -2.43. The lowest BCUT2D eigenvalue weighted by molar-refractivity contribution is 0.0690. The standard InChI is InChI=1S/C17H20N2O3/c1-2-3-4-5-10-22-14-8-6-13(7-9-14)15-11-19-16(12-18-15)17(20)21/h6-9,11-12H,2-5,10H2,1H3,(H,20,21). The molecule has 1 heterocycles. The zero-order chi connectivity index (χ0) is 15.8.